The zero-order valence-electron chi connectivity index (χ0n) is 8.78. The molecule has 0 fully saturated rings. The number of hydrogen-bond donors (Lipinski definition) is 3. The zero-order chi connectivity index (χ0) is 11.5. The number of rotatable bonds is 3. The molecule has 0 aliphatic carbocycles. The van der Waals surface area contributed by atoms with Crippen molar-refractivity contribution < 1.29 is 4.79 Å². The number of aryl methyl sites for hydroxylation is 1. The van der Waals surface area contributed by atoms with Gasteiger partial charge in [-0.1, -0.05) is 0 Å². The van der Waals surface area contributed by atoms with Crippen molar-refractivity contribution in [2.45, 2.75) is 13.5 Å². The maximum absolute atomic E-state index is 11.8. The van der Waals surface area contributed by atoms with E-state index in [0.29, 0.717) is 17.8 Å². The van der Waals surface area contributed by atoms with Gasteiger partial charge in [0.15, 0.2) is 5.82 Å². The summed E-state index contributed by atoms with van der Waals surface area (Å²) in [7, 11) is 0. The molecule has 2 aromatic rings. The monoisotopic (exact) mass is 236 g/mol. The first kappa shape index (κ1) is 10.7. The summed E-state index contributed by atoms with van der Waals surface area (Å²) in [5, 5.41) is 13.2. The van der Waals surface area contributed by atoms with Crippen molar-refractivity contribution in [3.63, 3.8) is 0 Å². The number of carbonyl (C=O) groups is 1. The molecule has 0 atom stereocenters. The Balaban J connectivity index is 2.04. The first-order valence-electron chi connectivity index (χ1n) is 4.78. The predicted octanol–water partition coefficient (Wildman–Crippen LogP) is 1.29. The minimum Gasteiger partial charge on any atom is -0.382 e. The molecular weight excluding hydrogens is 224 g/mol. The van der Waals surface area contributed by atoms with Crippen LogP contribution < -0.4 is 11.1 Å². The smallest absolute Gasteiger partial charge is 0.257 e. The van der Waals surface area contributed by atoms with E-state index in [2.05, 4.69) is 15.5 Å². The van der Waals surface area contributed by atoms with Crippen LogP contribution in [0.1, 0.15) is 21.6 Å². The average Bonchev–Trinajstić information content (AvgIpc) is 2.86. The number of nitrogens with two attached hydrogens (primary N) is 1. The number of anilines is 1. The summed E-state index contributed by atoms with van der Waals surface area (Å²) in [5.74, 6) is 0.0373. The van der Waals surface area contributed by atoms with Crippen LogP contribution in [0.25, 0.3) is 0 Å². The fraction of sp³-hybridized carbons (Fsp3) is 0.200. The second kappa shape index (κ2) is 4.36. The Kier molecular flexibility index (Phi) is 2.91. The lowest BCUT2D eigenvalue weighted by atomic mass is 10.2. The van der Waals surface area contributed by atoms with E-state index < -0.39 is 0 Å². The summed E-state index contributed by atoms with van der Waals surface area (Å²) in [6, 6.07) is 1.97. The number of aromatic nitrogens is 2. The van der Waals surface area contributed by atoms with Crippen LogP contribution in [0.2, 0.25) is 0 Å². The van der Waals surface area contributed by atoms with Gasteiger partial charge in [0.2, 0.25) is 0 Å². The number of nitrogens with one attached hydrogen (secondary N) is 2. The fourth-order valence-corrected chi connectivity index (χ4v) is 2.07. The first-order valence-corrected chi connectivity index (χ1v) is 5.72. The highest BCUT2D eigenvalue weighted by molar-refractivity contribution is 7.07. The van der Waals surface area contributed by atoms with Crippen molar-refractivity contribution in [3.8, 4) is 0 Å². The van der Waals surface area contributed by atoms with Crippen LogP contribution in [0.5, 0.6) is 0 Å². The molecule has 2 rings (SSSR count). The Morgan fingerprint density at radius 2 is 2.50 bits per heavy atom. The van der Waals surface area contributed by atoms with E-state index in [0.717, 1.165) is 5.56 Å². The van der Waals surface area contributed by atoms with Gasteiger partial charge in [0.1, 0.15) is 5.56 Å². The molecule has 6 heteroatoms. The third kappa shape index (κ3) is 2.06. The summed E-state index contributed by atoms with van der Waals surface area (Å²) >= 11 is 1.60. The van der Waals surface area contributed by atoms with Gasteiger partial charge in [-0.15, -0.1) is 0 Å². The lowest BCUT2D eigenvalue weighted by molar-refractivity contribution is 0.0951. The van der Waals surface area contributed by atoms with Crippen LogP contribution >= 0.6 is 11.3 Å². The Morgan fingerprint density at radius 3 is 3.06 bits per heavy atom. The molecule has 0 aliphatic heterocycles. The summed E-state index contributed by atoms with van der Waals surface area (Å²) in [6.07, 6.45) is 0. The Bertz CT molecular complexity index is 469. The number of nitrogen functional groups attached to an aromatic ring is 1. The van der Waals surface area contributed by atoms with E-state index in [1.165, 1.54) is 0 Å². The van der Waals surface area contributed by atoms with E-state index in [9.17, 15) is 4.79 Å². The number of aromatic amines is 1. The van der Waals surface area contributed by atoms with Gasteiger partial charge in [0.05, 0.1) is 0 Å². The maximum atomic E-state index is 11.8. The quantitative estimate of drug-likeness (QED) is 0.750. The molecule has 0 bridgehead atoms. The van der Waals surface area contributed by atoms with E-state index >= 15 is 0 Å². The Labute approximate surface area is 96.7 Å². The fourth-order valence-electron chi connectivity index (χ4n) is 1.40. The normalized spacial score (nSPS) is 10.3. The molecule has 5 nitrogen and oxygen atoms in total. The van der Waals surface area contributed by atoms with Crippen LogP contribution in [0.15, 0.2) is 16.8 Å². The largest absolute Gasteiger partial charge is 0.382 e. The number of carbonyl (C=O) groups excluding carboxylic acids is 1. The van der Waals surface area contributed by atoms with Crippen LogP contribution in [0.4, 0.5) is 5.82 Å². The number of amides is 1. The predicted molar refractivity (Wildman–Crippen MR) is 63.2 cm³/mol. The van der Waals surface area contributed by atoms with Gasteiger partial charge in [-0.05, 0) is 29.3 Å². The topological polar surface area (TPSA) is 83.8 Å². The van der Waals surface area contributed by atoms with Crippen molar-refractivity contribution in [3.05, 3.63) is 33.6 Å². The van der Waals surface area contributed by atoms with Gasteiger partial charge in [0, 0.05) is 12.2 Å². The highest BCUT2D eigenvalue weighted by Gasteiger charge is 2.15. The molecule has 0 saturated carbocycles. The molecule has 16 heavy (non-hydrogen) atoms. The second-order valence-electron chi connectivity index (χ2n) is 3.42. The van der Waals surface area contributed by atoms with Crippen molar-refractivity contribution >= 4 is 23.1 Å². The Hall–Kier alpha value is -1.82. The minimum absolute atomic E-state index is 0.199. The van der Waals surface area contributed by atoms with E-state index in [-0.39, 0.29) is 11.7 Å². The van der Waals surface area contributed by atoms with E-state index in [1.807, 2.05) is 16.8 Å². The molecule has 0 saturated heterocycles. The number of thiophene rings is 1. The summed E-state index contributed by atoms with van der Waals surface area (Å²) in [6.45, 7) is 2.27. The van der Waals surface area contributed by atoms with Crippen molar-refractivity contribution in [1.29, 1.82) is 0 Å². The van der Waals surface area contributed by atoms with Gasteiger partial charge in [0.25, 0.3) is 5.91 Å². The van der Waals surface area contributed by atoms with E-state index in [4.69, 9.17) is 5.73 Å². The molecule has 0 unspecified atom stereocenters. The van der Waals surface area contributed by atoms with Crippen LogP contribution in [-0.4, -0.2) is 16.1 Å². The van der Waals surface area contributed by atoms with Crippen LogP contribution in [-0.2, 0) is 6.54 Å². The van der Waals surface area contributed by atoms with Crippen LogP contribution in [0.3, 0.4) is 0 Å². The highest BCUT2D eigenvalue weighted by atomic mass is 32.1. The van der Waals surface area contributed by atoms with Crippen molar-refractivity contribution in [2.24, 2.45) is 0 Å². The molecule has 2 heterocycles. The zero-order valence-corrected chi connectivity index (χ0v) is 9.60. The molecule has 2 aromatic heterocycles. The molecule has 1 amide bonds. The van der Waals surface area contributed by atoms with Gasteiger partial charge >= 0.3 is 0 Å². The van der Waals surface area contributed by atoms with E-state index in [1.54, 1.807) is 18.3 Å². The molecule has 0 aliphatic rings. The molecule has 4 N–H and O–H groups in total. The third-order valence-corrected chi connectivity index (χ3v) is 2.97. The Morgan fingerprint density at radius 1 is 1.69 bits per heavy atom. The van der Waals surface area contributed by atoms with Crippen LogP contribution in [0, 0.1) is 6.92 Å². The summed E-state index contributed by atoms with van der Waals surface area (Å²) < 4.78 is 0. The number of hydrogen-bond acceptors (Lipinski definition) is 4. The standard InChI is InChI=1S/C10H12N4OS/c1-6-8(9(11)14-13-6)10(15)12-4-7-2-3-16-5-7/h2-3,5H,4H2,1H3,(H,12,15)(H3,11,13,14). The van der Waals surface area contributed by atoms with Gasteiger partial charge in [-0.2, -0.15) is 16.4 Å². The van der Waals surface area contributed by atoms with Gasteiger partial charge in [-0.3, -0.25) is 9.89 Å². The molecule has 0 aromatic carbocycles. The highest BCUT2D eigenvalue weighted by Crippen LogP contribution is 2.12. The van der Waals surface area contributed by atoms with Gasteiger partial charge in [-0.25, -0.2) is 0 Å². The molecular formula is C10H12N4OS. The number of nitrogens with zero attached hydrogens (tertiary/aromatic N) is 1. The molecule has 0 spiro atoms. The van der Waals surface area contributed by atoms with Crippen molar-refractivity contribution in [1.82, 2.24) is 15.5 Å². The SMILES string of the molecule is Cc1[nH]nc(N)c1C(=O)NCc1ccsc1. The summed E-state index contributed by atoms with van der Waals surface area (Å²) in [5.41, 5.74) is 7.78. The van der Waals surface area contributed by atoms with Crippen molar-refractivity contribution in [2.75, 3.05) is 5.73 Å². The van der Waals surface area contributed by atoms with Gasteiger partial charge < -0.3 is 11.1 Å². The maximum Gasteiger partial charge on any atom is 0.257 e. The lowest BCUT2D eigenvalue weighted by Gasteiger charge is -2.03. The summed E-state index contributed by atoms with van der Waals surface area (Å²) in [4.78, 5) is 11.8. The minimum atomic E-state index is -0.199. The molecule has 0 radical (unpaired) electrons. The number of H-pyrrole nitrogens is 1. The second-order valence-corrected chi connectivity index (χ2v) is 4.20. The lowest BCUT2D eigenvalue weighted by Crippen LogP contribution is -2.23. The average molecular weight is 236 g/mol. The third-order valence-electron chi connectivity index (χ3n) is 2.24. The molecule has 84 valence electrons. The first-order chi connectivity index (χ1) is 7.68.